The molecule has 0 bridgehead atoms. The number of ether oxygens (including phenoxy) is 2. The maximum Gasteiger partial charge on any atom is 0.314 e. The van der Waals surface area contributed by atoms with Gasteiger partial charge in [0.15, 0.2) is 0 Å². The standard InChI is InChI=1S/C9H11NO2.C8H9NO2/c1-7(9(11)12-2)8-5-3-4-6-10-8;1-11-8(10)6-7-4-2-3-5-9-7/h3-7H,1-2H3;2-5H,6H2,1H3. The Morgan fingerprint density at radius 1 is 1.00 bits per heavy atom. The van der Waals surface area contributed by atoms with E-state index in [0.717, 1.165) is 11.4 Å². The molecule has 0 aliphatic heterocycles. The number of aromatic nitrogens is 2. The second-order valence-electron chi connectivity index (χ2n) is 4.57. The second-order valence-corrected chi connectivity index (χ2v) is 4.57. The molecular formula is C17H20N2O4. The van der Waals surface area contributed by atoms with Crippen LogP contribution in [0.15, 0.2) is 48.8 Å². The molecule has 6 heteroatoms. The van der Waals surface area contributed by atoms with Gasteiger partial charge in [0.1, 0.15) is 0 Å². The summed E-state index contributed by atoms with van der Waals surface area (Å²) in [4.78, 5) is 29.8. The summed E-state index contributed by atoms with van der Waals surface area (Å²) in [6.07, 6.45) is 3.56. The third-order valence-corrected chi connectivity index (χ3v) is 2.97. The van der Waals surface area contributed by atoms with E-state index in [1.54, 1.807) is 31.5 Å². The van der Waals surface area contributed by atoms with Crippen LogP contribution in [0.4, 0.5) is 0 Å². The number of methoxy groups -OCH3 is 2. The summed E-state index contributed by atoms with van der Waals surface area (Å²) in [7, 11) is 2.74. The Morgan fingerprint density at radius 2 is 1.65 bits per heavy atom. The van der Waals surface area contributed by atoms with E-state index in [9.17, 15) is 9.59 Å². The van der Waals surface area contributed by atoms with Crippen molar-refractivity contribution < 1.29 is 19.1 Å². The molecule has 0 fully saturated rings. The number of nitrogens with zero attached hydrogens (tertiary/aromatic N) is 2. The molecule has 2 aromatic heterocycles. The number of hydrogen-bond acceptors (Lipinski definition) is 6. The van der Waals surface area contributed by atoms with Crippen molar-refractivity contribution in [3.8, 4) is 0 Å². The highest BCUT2D eigenvalue weighted by atomic mass is 16.5. The summed E-state index contributed by atoms with van der Waals surface area (Å²) in [5.41, 5.74) is 1.48. The highest BCUT2D eigenvalue weighted by Gasteiger charge is 2.15. The first-order valence-electron chi connectivity index (χ1n) is 7.04. The van der Waals surface area contributed by atoms with Crippen LogP contribution < -0.4 is 0 Å². The molecular weight excluding hydrogens is 296 g/mol. The van der Waals surface area contributed by atoms with Crippen molar-refractivity contribution in [2.75, 3.05) is 14.2 Å². The van der Waals surface area contributed by atoms with Crippen molar-refractivity contribution in [2.45, 2.75) is 19.3 Å². The van der Waals surface area contributed by atoms with Crippen LogP contribution in [0.1, 0.15) is 24.2 Å². The molecule has 1 atom stereocenters. The smallest absolute Gasteiger partial charge is 0.314 e. The molecule has 23 heavy (non-hydrogen) atoms. The predicted octanol–water partition coefficient (Wildman–Crippen LogP) is 2.16. The topological polar surface area (TPSA) is 78.4 Å². The molecule has 0 saturated heterocycles. The molecule has 6 nitrogen and oxygen atoms in total. The molecule has 122 valence electrons. The number of carbonyl (C=O) groups excluding carboxylic acids is 2. The lowest BCUT2D eigenvalue weighted by atomic mass is 10.1. The zero-order chi connectivity index (χ0) is 17.1. The van der Waals surface area contributed by atoms with Gasteiger partial charge in [-0.25, -0.2) is 0 Å². The van der Waals surface area contributed by atoms with Crippen LogP contribution in [0.3, 0.4) is 0 Å². The van der Waals surface area contributed by atoms with Gasteiger partial charge >= 0.3 is 11.9 Å². The van der Waals surface area contributed by atoms with Gasteiger partial charge in [0, 0.05) is 12.4 Å². The molecule has 0 aromatic carbocycles. The van der Waals surface area contributed by atoms with Gasteiger partial charge in [-0.2, -0.15) is 0 Å². The number of carbonyl (C=O) groups is 2. The Labute approximate surface area is 135 Å². The highest BCUT2D eigenvalue weighted by Crippen LogP contribution is 2.12. The summed E-state index contributed by atoms with van der Waals surface area (Å²) in [6, 6.07) is 10.9. The summed E-state index contributed by atoms with van der Waals surface area (Å²) in [6.45, 7) is 1.77. The first-order valence-corrected chi connectivity index (χ1v) is 7.04. The third kappa shape index (κ3) is 6.69. The average Bonchev–Trinajstić information content (AvgIpc) is 2.62. The summed E-state index contributed by atoms with van der Waals surface area (Å²) < 4.78 is 9.06. The summed E-state index contributed by atoms with van der Waals surface area (Å²) in [5.74, 6) is -0.798. The Bertz CT molecular complexity index is 603. The first kappa shape index (κ1) is 18.3. The normalized spacial score (nSPS) is 10.7. The van der Waals surface area contributed by atoms with Gasteiger partial charge in [0.25, 0.3) is 0 Å². The lowest BCUT2D eigenvalue weighted by molar-refractivity contribution is -0.142. The first-order chi connectivity index (χ1) is 11.1. The Morgan fingerprint density at radius 3 is 2.13 bits per heavy atom. The van der Waals surface area contributed by atoms with Gasteiger partial charge in [0.2, 0.25) is 0 Å². The van der Waals surface area contributed by atoms with E-state index < -0.39 is 0 Å². The van der Waals surface area contributed by atoms with Crippen LogP contribution in [0.2, 0.25) is 0 Å². The Kier molecular flexibility index (Phi) is 7.99. The average molecular weight is 316 g/mol. The Balaban J connectivity index is 0.000000231. The van der Waals surface area contributed by atoms with Crippen molar-refractivity contribution in [1.29, 1.82) is 0 Å². The molecule has 2 rings (SSSR count). The fourth-order valence-electron chi connectivity index (χ4n) is 1.65. The van der Waals surface area contributed by atoms with Crippen molar-refractivity contribution in [1.82, 2.24) is 9.97 Å². The molecule has 0 N–H and O–H groups in total. The second kappa shape index (κ2) is 10.0. The minimum absolute atomic E-state index is 0.247. The van der Waals surface area contributed by atoms with Gasteiger partial charge in [-0.05, 0) is 31.2 Å². The maximum absolute atomic E-state index is 11.1. The maximum atomic E-state index is 11.1. The van der Waals surface area contributed by atoms with E-state index in [1.165, 1.54) is 14.2 Å². The fourth-order valence-corrected chi connectivity index (χ4v) is 1.65. The van der Waals surface area contributed by atoms with Crippen LogP contribution in [0.5, 0.6) is 0 Å². The minimum Gasteiger partial charge on any atom is -0.469 e. The molecule has 0 amide bonds. The molecule has 0 spiro atoms. The van der Waals surface area contributed by atoms with Crippen LogP contribution in [0, 0.1) is 0 Å². The van der Waals surface area contributed by atoms with Crippen LogP contribution >= 0.6 is 0 Å². The lowest BCUT2D eigenvalue weighted by Crippen LogP contribution is -2.11. The zero-order valence-electron chi connectivity index (χ0n) is 13.4. The molecule has 1 unspecified atom stereocenters. The summed E-state index contributed by atoms with van der Waals surface area (Å²) in [5, 5.41) is 0. The zero-order valence-corrected chi connectivity index (χ0v) is 13.4. The molecule has 0 aliphatic rings. The van der Waals surface area contributed by atoms with Crippen LogP contribution in [-0.2, 0) is 25.5 Å². The van der Waals surface area contributed by atoms with Gasteiger partial charge in [-0.3, -0.25) is 19.6 Å². The van der Waals surface area contributed by atoms with Crippen molar-refractivity contribution >= 4 is 11.9 Å². The number of rotatable bonds is 4. The highest BCUT2D eigenvalue weighted by molar-refractivity contribution is 5.76. The monoisotopic (exact) mass is 316 g/mol. The van der Waals surface area contributed by atoms with E-state index in [4.69, 9.17) is 0 Å². The van der Waals surface area contributed by atoms with E-state index >= 15 is 0 Å². The third-order valence-electron chi connectivity index (χ3n) is 2.97. The van der Waals surface area contributed by atoms with Gasteiger partial charge in [-0.15, -0.1) is 0 Å². The quantitative estimate of drug-likeness (QED) is 0.804. The van der Waals surface area contributed by atoms with Gasteiger partial charge in [0.05, 0.1) is 37.9 Å². The molecule has 0 aliphatic carbocycles. The lowest BCUT2D eigenvalue weighted by Gasteiger charge is -2.06. The van der Waals surface area contributed by atoms with Gasteiger partial charge in [-0.1, -0.05) is 12.1 Å². The Hall–Kier alpha value is -2.76. The van der Waals surface area contributed by atoms with Crippen LogP contribution in [-0.4, -0.2) is 36.1 Å². The molecule has 2 heterocycles. The fraction of sp³-hybridized carbons (Fsp3) is 0.294. The van der Waals surface area contributed by atoms with E-state index in [0.29, 0.717) is 0 Å². The minimum atomic E-state index is -0.281. The largest absolute Gasteiger partial charge is 0.469 e. The van der Waals surface area contributed by atoms with Gasteiger partial charge < -0.3 is 9.47 Å². The summed E-state index contributed by atoms with van der Waals surface area (Å²) >= 11 is 0. The van der Waals surface area contributed by atoms with E-state index in [1.807, 2.05) is 24.3 Å². The molecule has 0 radical (unpaired) electrons. The molecule has 0 saturated carbocycles. The predicted molar refractivity (Wildman–Crippen MR) is 84.6 cm³/mol. The SMILES string of the molecule is COC(=O)C(C)c1ccccn1.COC(=O)Cc1ccccn1. The van der Waals surface area contributed by atoms with E-state index in [2.05, 4.69) is 19.4 Å². The van der Waals surface area contributed by atoms with Crippen molar-refractivity contribution in [2.24, 2.45) is 0 Å². The van der Waals surface area contributed by atoms with E-state index in [-0.39, 0.29) is 24.3 Å². The number of esters is 2. The van der Waals surface area contributed by atoms with Crippen molar-refractivity contribution in [3.05, 3.63) is 60.2 Å². The van der Waals surface area contributed by atoms with Crippen molar-refractivity contribution in [3.63, 3.8) is 0 Å². The number of hydrogen-bond donors (Lipinski definition) is 0. The molecule has 2 aromatic rings. The van der Waals surface area contributed by atoms with Crippen LogP contribution in [0.25, 0.3) is 0 Å². The number of pyridine rings is 2.